The Kier molecular flexibility index (Phi) is 5.62. The van der Waals surface area contributed by atoms with Crippen molar-refractivity contribution < 1.29 is 9.59 Å². The van der Waals surface area contributed by atoms with E-state index in [0.717, 1.165) is 6.54 Å². The van der Waals surface area contributed by atoms with Crippen LogP contribution in [0.1, 0.15) is 33.1 Å². The van der Waals surface area contributed by atoms with Gasteiger partial charge in [0.05, 0.1) is 5.92 Å². The van der Waals surface area contributed by atoms with Crippen LogP contribution in [-0.2, 0) is 9.59 Å². The van der Waals surface area contributed by atoms with Crippen molar-refractivity contribution in [2.75, 3.05) is 19.6 Å². The van der Waals surface area contributed by atoms with Gasteiger partial charge in [-0.1, -0.05) is 13.8 Å². The van der Waals surface area contributed by atoms with Crippen molar-refractivity contribution in [2.24, 2.45) is 11.3 Å². The van der Waals surface area contributed by atoms with Crippen LogP contribution >= 0.6 is 12.4 Å². The minimum absolute atomic E-state index is 0. The molecule has 2 rings (SSSR count). The van der Waals surface area contributed by atoms with Gasteiger partial charge in [-0.2, -0.15) is 0 Å². The molecule has 6 heteroatoms. The van der Waals surface area contributed by atoms with Gasteiger partial charge in [-0.3, -0.25) is 9.59 Å². The molecule has 2 atom stereocenters. The Balaban J connectivity index is 0.00000180. The molecular formula is C13H24ClN3O2. The summed E-state index contributed by atoms with van der Waals surface area (Å²) in [5.74, 6) is -0.216. The second kappa shape index (κ2) is 6.57. The lowest BCUT2D eigenvalue weighted by Crippen LogP contribution is -2.53. The van der Waals surface area contributed by atoms with Gasteiger partial charge in [-0.15, -0.1) is 12.4 Å². The molecule has 0 bridgehead atoms. The first-order chi connectivity index (χ1) is 8.49. The van der Waals surface area contributed by atoms with Crippen LogP contribution in [0, 0.1) is 11.3 Å². The van der Waals surface area contributed by atoms with E-state index in [1.807, 2.05) is 0 Å². The van der Waals surface area contributed by atoms with Gasteiger partial charge in [0.1, 0.15) is 0 Å². The van der Waals surface area contributed by atoms with Gasteiger partial charge < -0.3 is 16.0 Å². The fourth-order valence-corrected chi connectivity index (χ4v) is 2.76. The quantitative estimate of drug-likeness (QED) is 0.706. The van der Waals surface area contributed by atoms with E-state index in [1.165, 1.54) is 12.8 Å². The molecule has 0 aromatic heterocycles. The van der Waals surface area contributed by atoms with E-state index in [2.05, 4.69) is 29.8 Å². The van der Waals surface area contributed by atoms with Crippen molar-refractivity contribution in [2.45, 2.75) is 39.2 Å². The van der Waals surface area contributed by atoms with E-state index in [-0.39, 0.29) is 35.6 Å². The van der Waals surface area contributed by atoms with Crippen LogP contribution in [-0.4, -0.2) is 37.5 Å². The molecule has 0 aliphatic carbocycles. The Labute approximate surface area is 120 Å². The minimum atomic E-state index is -0.191. The lowest BCUT2D eigenvalue weighted by molar-refractivity contribution is -0.126. The van der Waals surface area contributed by atoms with Gasteiger partial charge >= 0.3 is 0 Å². The van der Waals surface area contributed by atoms with Gasteiger partial charge in [-0.25, -0.2) is 0 Å². The smallest absolute Gasteiger partial charge is 0.225 e. The van der Waals surface area contributed by atoms with Crippen LogP contribution < -0.4 is 16.0 Å². The number of halogens is 1. The summed E-state index contributed by atoms with van der Waals surface area (Å²) in [6, 6.07) is 0.320. The first-order valence-corrected chi connectivity index (χ1v) is 6.77. The van der Waals surface area contributed by atoms with Crippen molar-refractivity contribution in [1.29, 1.82) is 0 Å². The second-order valence-electron chi connectivity index (χ2n) is 6.05. The van der Waals surface area contributed by atoms with Gasteiger partial charge in [0, 0.05) is 25.6 Å². The maximum absolute atomic E-state index is 11.9. The highest BCUT2D eigenvalue weighted by Gasteiger charge is 2.33. The zero-order valence-corrected chi connectivity index (χ0v) is 12.4. The average Bonchev–Trinajstić information content (AvgIpc) is 2.73. The molecule has 3 N–H and O–H groups in total. The largest absolute Gasteiger partial charge is 0.355 e. The summed E-state index contributed by atoms with van der Waals surface area (Å²) in [5, 5.41) is 9.13. The minimum Gasteiger partial charge on any atom is -0.355 e. The number of carbonyl (C=O) groups excluding carboxylic acids is 2. The predicted octanol–water partition coefficient (Wildman–Crippen LogP) is 0.439. The molecule has 2 amide bonds. The molecular weight excluding hydrogens is 266 g/mol. The summed E-state index contributed by atoms with van der Waals surface area (Å²) in [5.41, 5.74) is 0.218. The topological polar surface area (TPSA) is 70.2 Å². The average molecular weight is 290 g/mol. The van der Waals surface area contributed by atoms with Gasteiger partial charge in [0.2, 0.25) is 11.8 Å². The lowest BCUT2D eigenvalue weighted by atomic mass is 9.77. The molecule has 19 heavy (non-hydrogen) atoms. The first kappa shape index (κ1) is 16.2. The van der Waals surface area contributed by atoms with Gasteiger partial charge in [0.25, 0.3) is 0 Å². The second-order valence-corrected chi connectivity index (χ2v) is 6.05. The van der Waals surface area contributed by atoms with Gasteiger partial charge in [-0.05, 0) is 24.8 Å². The Hall–Kier alpha value is -0.810. The van der Waals surface area contributed by atoms with Crippen LogP contribution in [0.25, 0.3) is 0 Å². The third-order valence-corrected chi connectivity index (χ3v) is 4.16. The fourth-order valence-electron chi connectivity index (χ4n) is 2.76. The summed E-state index contributed by atoms with van der Waals surface area (Å²) in [7, 11) is 0. The summed E-state index contributed by atoms with van der Waals surface area (Å²) < 4.78 is 0. The van der Waals surface area contributed by atoms with E-state index in [4.69, 9.17) is 0 Å². The number of rotatable bonds is 3. The molecule has 2 unspecified atom stereocenters. The standard InChI is InChI=1S/C13H23N3O2.ClH/c1-13(2)4-3-5-14-10(13)8-16-12(18)9-6-11(17)15-7-9;/h9-10,14H,3-8H2,1-2H3,(H,15,17)(H,16,18);1H. The normalized spacial score (nSPS) is 29.3. The Bertz CT molecular complexity index is 347. The molecule has 0 spiro atoms. The third-order valence-electron chi connectivity index (χ3n) is 4.16. The van der Waals surface area contributed by atoms with Crippen LogP contribution in [0.15, 0.2) is 0 Å². The molecule has 2 saturated heterocycles. The van der Waals surface area contributed by atoms with E-state index >= 15 is 0 Å². The molecule has 5 nitrogen and oxygen atoms in total. The van der Waals surface area contributed by atoms with Crippen molar-refractivity contribution in [3.05, 3.63) is 0 Å². The molecule has 0 radical (unpaired) electrons. The summed E-state index contributed by atoms with van der Waals surface area (Å²) in [6.07, 6.45) is 2.70. The van der Waals surface area contributed by atoms with E-state index in [1.54, 1.807) is 0 Å². The monoisotopic (exact) mass is 289 g/mol. The Morgan fingerprint density at radius 2 is 2.21 bits per heavy atom. The maximum Gasteiger partial charge on any atom is 0.225 e. The summed E-state index contributed by atoms with van der Waals surface area (Å²) >= 11 is 0. The predicted molar refractivity (Wildman–Crippen MR) is 76.2 cm³/mol. The lowest BCUT2D eigenvalue weighted by Gasteiger charge is -2.39. The maximum atomic E-state index is 11.9. The van der Waals surface area contributed by atoms with Crippen LogP contribution in [0.5, 0.6) is 0 Å². The zero-order valence-electron chi connectivity index (χ0n) is 11.6. The molecule has 2 fully saturated rings. The number of piperidine rings is 1. The van der Waals surface area contributed by atoms with Crippen molar-refractivity contribution in [1.82, 2.24) is 16.0 Å². The molecule has 0 aromatic rings. The summed E-state index contributed by atoms with van der Waals surface area (Å²) in [4.78, 5) is 23.0. The molecule has 0 aromatic carbocycles. The Morgan fingerprint density at radius 1 is 1.47 bits per heavy atom. The van der Waals surface area contributed by atoms with Crippen molar-refractivity contribution in [3.8, 4) is 0 Å². The van der Waals surface area contributed by atoms with Crippen molar-refractivity contribution in [3.63, 3.8) is 0 Å². The molecule has 0 saturated carbocycles. The highest BCUT2D eigenvalue weighted by molar-refractivity contribution is 5.89. The number of amides is 2. The highest BCUT2D eigenvalue weighted by atomic mass is 35.5. The third kappa shape index (κ3) is 4.08. The molecule has 2 aliphatic heterocycles. The highest BCUT2D eigenvalue weighted by Crippen LogP contribution is 2.29. The van der Waals surface area contributed by atoms with Crippen LogP contribution in [0.2, 0.25) is 0 Å². The number of carbonyl (C=O) groups is 2. The number of hydrogen-bond acceptors (Lipinski definition) is 3. The first-order valence-electron chi connectivity index (χ1n) is 6.77. The SMILES string of the molecule is CC1(C)CCCNC1CNC(=O)C1CNC(=O)C1.Cl. The molecule has 2 aliphatic rings. The van der Waals surface area contributed by atoms with E-state index < -0.39 is 0 Å². The fraction of sp³-hybridized carbons (Fsp3) is 0.846. The Morgan fingerprint density at radius 3 is 2.79 bits per heavy atom. The summed E-state index contributed by atoms with van der Waals surface area (Å²) in [6.45, 7) is 6.61. The van der Waals surface area contributed by atoms with E-state index in [9.17, 15) is 9.59 Å². The number of hydrogen-bond donors (Lipinski definition) is 3. The van der Waals surface area contributed by atoms with Gasteiger partial charge in [0.15, 0.2) is 0 Å². The molecule has 2 heterocycles. The van der Waals surface area contributed by atoms with E-state index in [0.29, 0.717) is 25.6 Å². The van der Waals surface area contributed by atoms with Crippen LogP contribution in [0.3, 0.4) is 0 Å². The zero-order chi connectivity index (χ0) is 13.2. The molecule has 110 valence electrons. The van der Waals surface area contributed by atoms with Crippen molar-refractivity contribution >= 4 is 24.2 Å². The number of nitrogens with one attached hydrogen (secondary N) is 3. The van der Waals surface area contributed by atoms with Crippen LogP contribution in [0.4, 0.5) is 0 Å².